The highest BCUT2D eigenvalue weighted by atomic mass is 19.1. The second-order valence-corrected chi connectivity index (χ2v) is 9.00. The van der Waals surface area contributed by atoms with E-state index in [2.05, 4.69) is 6.92 Å². The number of fused-ring (bicyclic) bond motifs is 1. The van der Waals surface area contributed by atoms with E-state index in [-0.39, 0.29) is 22.8 Å². The number of carbonyl (C=O) groups is 1. The van der Waals surface area contributed by atoms with Crippen LogP contribution in [0.3, 0.4) is 0 Å². The third-order valence-corrected chi connectivity index (χ3v) is 7.22. The molecule has 0 radical (unpaired) electrons. The quantitative estimate of drug-likeness (QED) is 0.403. The summed E-state index contributed by atoms with van der Waals surface area (Å²) >= 11 is 0. The van der Waals surface area contributed by atoms with Gasteiger partial charge in [0.15, 0.2) is 0 Å². The number of nitriles is 1. The zero-order chi connectivity index (χ0) is 22.0. The Morgan fingerprint density at radius 1 is 1.03 bits per heavy atom. The van der Waals surface area contributed by atoms with Gasteiger partial charge in [0.25, 0.3) is 0 Å². The van der Waals surface area contributed by atoms with E-state index >= 15 is 0 Å². The number of esters is 1. The molecule has 162 valence electrons. The highest BCUT2D eigenvalue weighted by molar-refractivity contribution is 5.91. The third kappa shape index (κ3) is 4.63. The lowest BCUT2D eigenvalue weighted by molar-refractivity contribution is 0.0733. The molecule has 2 saturated carbocycles. The first-order chi connectivity index (χ1) is 15.0. The van der Waals surface area contributed by atoms with Crippen LogP contribution in [0.5, 0.6) is 5.75 Å². The molecular weight excluding hydrogens is 396 g/mol. The van der Waals surface area contributed by atoms with E-state index in [1.807, 2.05) is 6.07 Å². The zero-order valence-corrected chi connectivity index (χ0v) is 17.7. The van der Waals surface area contributed by atoms with E-state index in [1.165, 1.54) is 43.5 Å². The van der Waals surface area contributed by atoms with Gasteiger partial charge in [0, 0.05) is 5.56 Å². The molecule has 4 rings (SSSR count). The van der Waals surface area contributed by atoms with Gasteiger partial charge in [-0.3, -0.25) is 0 Å². The van der Waals surface area contributed by atoms with E-state index in [4.69, 9.17) is 10.00 Å². The molecule has 4 atom stereocenters. The van der Waals surface area contributed by atoms with E-state index in [0.717, 1.165) is 43.7 Å². The highest BCUT2D eigenvalue weighted by Crippen LogP contribution is 2.48. The topological polar surface area (TPSA) is 50.1 Å². The summed E-state index contributed by atoms with van der Waals surface area (Å²) in [6.07, 6.45) is 7.47. The Labute approximate surface area is 182 Å². The van der Waals surface area contributed by atoms with Crippen molar-refractivity contribution in [1.82, 2.24) is 0 Å². The number of rotatable bonds is 4. The lowest BCUT2D eigenvalue weighted by Crippen LogP contribution is -2.30. The average molecular weight is 424 g/mol. The fourth-order valence-corrected chi connectivity index (χ4v) is 5.47. The van der Waals surface area contributed by atoms with Gasteiger partial charge in [-0.25, -0.2) is 13.6 Å². The molecule has 31 heavy (non-hydrogen) atoms. The van der Waals surface area contributed by atoms with Crippen molar-refractivity contribution in [3.63, 3.8) is 0 Å². The Balaban J connectivity index is 1.47. The van der Waals surface area contributed by atoms with Crippen molar-refractivity contribution >= 4 is 5.97 Å². The molecule has 2 aromatic carbocycles. The Hall–Kier alpha value is -2.74. The average Bonchev–Trinajstić information content (AvgIpc) is 2.78. The highest BCUT2D eigenvalue weighted by Gasteiger charge is 2.37. The molecule has 0 amide bonds. The van der Waals surface area contributed by atoms with Crippen molar-refractivity contribution in [2.24, 2.45) is 17.8 Å². The number of carbonyl (C=O) groups excluding carboxylic acids is 1. The van der Waals surface area contributed by atoms with Gasteiger partial charge in [-0.05, 0) is 92.2 Å². The minimum absolute atomic E-state index is 0.117. The summed E-state index contributed by atoms with van der Waals surface area (Å²) < 4.78 is 35.1. The maximum absolute atomic E-state index is 15.0. The molecule has 2 aliphatic rings. The summed E-state index contributed by atoms with van der Waals surface area (Å²) in [6, 6.07) is 10.1. The van der Waals surface area contributed by atoms with Gasteiger partial charge in [0.2, 0.25) is 0 Å². The molecule has 2 aliphatic carbocycles. The SMILES string of the molecule is CCC1CCC2CC(c3c(F)cc(C(=O)Oc4ccc(C#N)cc4)cc3F)CCC2C1. The summed E-state index contributed by atoms with van der Waals surface area (Å²) in [7, 11) is 0. The van der Waals surface area contributed by atoms with Crippen molar-refractivity contribution in [2.75, 3.05) is 0 Å². The van der Waals surface area contributed by atoms with Gasteiger partial charge in [-0.1, -0.05) is 19.8 Å². The summed E-state index contributed by atoms with van der Waals surface area (Å²) in [5, 5.41) is 8.83. The van der Waals surface area contributed by atoms with Crippen LogP contribution in [0.25, 0.3) is 0 Å². The van der Waals surface area contributed by atoms with Crippen LogP contribution in [-0.4, -0.2) is 5.97 Å². The molecular formula is C26H27F2NO2. The van der Waals surface area contributed by atoms with Crippen molar-refractivity contribution in [2.45, 2.75) is 57.8 Å². The first-order valence-electron chi connectivity index (χ1n) is 11.2. The summed E-state index contributed by atoms with van der Waals surface area (Å²) in [5.74, 6) is -0.0553. The second-order valence-electron chi connectivity index (χ2n) is 9.00. The summed E-state index contributed by atoms with van der Waals surface area (Å²) in [6.45, 7) is 2.25. The molecule has 0 N–H and O–H groups in total. The van der Waals surface area contributed by atoms with Gasteiger partial charge < -0.3 is 4.74 Å². The molecule has 0 aliphatic heterocycles. The first kappa shape index (κ1) is 21.5. The van der Waals surface area contributed by atoms with Crippen molar-refractivity contribution in [3.05, 3.63) is 64.7 Å². The number of nitrogens with zero attached hydrogens (tertiary/aromatic N) is 1. The molecule has 0 spiro atoms. The second kappa shape index (κ2) is 9.18. The van der Waals surface area contributed by atoms with E-state index in [0.29, 0.717) is 17.4 Å². The maximum Gasteiger partial charge on any atom is 0.343 e. The number of ether oxygens (including phenoxy) is 1. The Morgan fingerprint density at radius 2 is 1.68 bits per heavy atom. The predicted molar refractivity (Wildman–Crippen MR) is 114 cm³/mol. The van der Waals surface area contributed by atoms with Crippen LogP contribution in [0.1, 0.15) is 79.3 Å². The molecule has 2 fully saturated rings. The molecule has 4 unspecified atom stereocenters. The van der Waals surface area contributed by atoms with Crippen LogP contribution < -0.4 is 4.74 Å². The predicted octanol–water partition coefficient (Wildman–Crippen LogP) is 6.77. The number of benzene rings is 2. The van der Waals surface area contributed by atoms with Gasteiger partial charge in [-0.2, -0.15) is 5.26 Å². The van der Waals surface area contributed by atoms with E-state index in [9.17, 15) is 13.6 Å². The van der Waals surface area contributed by atoms with Crippen LogP contribution in [0.4, 0.5) is 8.78 Å². The molecule has 5 heteroatoms. The lowest BCUT2D eigenvalue weighted by Gasteiger charge is -2.42. The van der Waals surface area contributed by atoms with Gasteiger partial charge in [0.1, 0.15) is 17.4 Å². The summed E-state index contributed by atoms with van der Waals surface area (Å²) in [4.78, 5) is 12.4. The largest absolute Gasteiger partial charge is 0.423 e. The third-order valence-electron chi connectivity index (χ3n) is 7.22. The Morgan fingerprint density at radius 3 is 2.32 bits per heavy atom. The summed E-state index contributed by atoms with van der Waals surface area (Å²) in [5.41, 5.74) is 0.394. The van der Waals surface area contributed by atoms with Crippen molar-refractivity contribution in [3.8, 4) is 11.8 Å². The van der Waals surface area contributed by atoms with Crippen molar-refractivity contribution < 1.29 is 18.3 Å². The van der Waals surface area contributed by atoms with Gasteiger partial charge >= 0.3 is 5.97 Å². The minimum atomic E-state index is -0.823. The van der Waals surface area contributed by atoms with Crippen LogP contribution in [-0.2, 0) is 0 Å². The monoisotopic (exact) mass is 423 g/mol. The fourth-order valence-electron chi connectivity index (χ4n) is 5.47. The minimum Gasteiger partial charge on any atom is -0.423 e. The lowest BCUT2D eigenvalue weighted by atomic mass is 9.63. The maximum atomic E-state index is 15.0. The number of hydrogen-bond donors (Lipinski definition) is 0. The van der Waals surface area contributed by atoms with Crippen LogP contribution >= 0.6 is 0 Å². The Bertz CT molecular complexity index is 972. The number of halogens is 2. The molecule has 3 nitrogen and oxygen atoms in total. The van der Waals surface area contributed by atoms with Gasteiger partial charge in [0.05, 0.1) is 17.2 Å². The van der Waals surface area contributed by atoms with E-state index in [1.54, 1.807) is 0 Å². The molecule has 0 aromatic heterocycles. The van der Waals surface area contributed by atoms with Crippen LogP contribution in [0, 0.1) is 40.7 Å². The molecule has 2 aromatic rings. The van der Waals surface area contributed by atoms with E-state index < -0.39 is 17.6 Å². The first-order valence-corrected chi connectivity index (χ1v) is 11.2. The number of hydrogen-bond acceptors (Lipinski definition) is 3. The smallest absolute Gasteiger partial charge is 0.343 e. The standard InChI is InChI=1S/C26H27F2NO2/c1-2-16-3-6-19-12-20(8-7-18(19)11-16)25-23(27)13-21(14-24(25)28)26(30)31-22-9-4-17(15-29)5-10-22/h4-5,9-10,13-14,16,18-20H,2-3,6-8,11-12H2,1H3. The fraction of sp³-hybridized carbons (Fsp3) is 0.462. The Kier molecular flexibility index (Phi) is 6.36. The molecule has 0 heterocycles. The zero-order valence-electron chi connectivity index (χ0n) is 17.7. The van der Waals surface area contributed by atoms with Gasteiger partial charge in [-0.15, -0.1) is 0 Å². The normalized spacial score (nSPS) is 25.4. The van der Waals surface area contributed by atoms with Crippen molar-refractivity contribution in [1.29, 1.82) is 5.26 Å². The molecule has 0 bridgehead atoms. The molecule has 0 saturated heterocycles. The van der Waals surface area contributed by atoms with Crippen LogP contribution in [0.15, 0.2) is 36.4 Å². The van der Waals surface area contributed by atoms with Crippen LogP contribution in [0.2, 0.25) is 0 Å².